The summed E-state index contributed by atoms with van der Waals surface area (Å²) >= 11 is 1.89. The molecule has 0 unspecified atom stereocenters. The molecule has 320 valence electrons. The second kappa shape index (κ2) is 14.0. The third-order valence-electron chi connectivity index (χ3n) is 15.8. The maximum Gasteiger partial charge on any atom is 0.0619 e. The van der Waals surface area contributed by atoms with Crippen LogP contribution in [0.1, 0.15) is 70.2 Å². The van der Waals surface area contributed by atoms with Crippen molar-refractivity contribution in [2.45, 2.75) is 31.1 Å². The van der Waals surface area contributed by atoms with Gasteiger partial charge in [-0.05, 0) is 116 Å². The van der Waals surface area contributed by atoms with Crippen LogP contribution in [0.25, 0.3) is 69.9 Å². The zero-order valence-corrected chi connectivity index (χ0v) is 38.6. The Labute approximate surface area is 399 Å². The van der Waals surface area contributed by atoms with E-state index in [4.69, 9.17) is 0 Å². The summed E-state index contributed by atoms with van der Waals surface area (Å²) in [5.74, 6) is 0.0738. The van der Waals surface area contributed by atoms with Crippen molar-refractivity contribution in [1.82, 2.24) is 4.57 Å². The fourth-order valence-electron chi connectivity index (χ4n) is 12.9. The van der Waals surface area contributed by atoms with Crippen LogP contribution in [0.3, 0.4) is 0 Å². The first-order chi connectivity index (χ1) is 33.5. The largest absolute Gasteiger partial charge is 0.310 e. The number of aromatic nitrogens is 1. The van der Waals surface area contributed by atoms with Crippen molar-refractivity contribution in [2.75, 3.05) is 4.90 Å². The highest BCUT2D eigenvalue weighted by atomic mass is 32.1. The number of rotatable bonds is 5. The van der Waals surface area contributed by atoms with E-state index in [9.17, 15) is 0 Å². The van der Waals surface area contributed by atoms with Crippen molar-refractivity contribution in [2.24, 2.45) is 0 Å². The number of para-hydroxylation sites is 3. The van der Waals surface area contributed by atoms with Crippen LogP contribution in [0.2, 0.25) is 0 Å². The first kappa shape index (κ1) is 38.2. The van der Waals surface area contributed by atoms with Crippen LogP contribution in [0.15, 0.2) is 218 Å². The Morgan fingerprint density at radius 1 is 0.412 bits per heavy atom. The van der Waals surface area contributed by atoms with Crippen LogP contribution in [0, 0.1) is 0 Å². The highest BCUT2D eigenvalue weighted by Crippen LogP contribution is 2.62. The molecule has 0 saturated heterocycles. The van der Waals surface area contributed by atoms with Crippen LogP contribution in [-0.4, -0.2) is 4.57 Å². The molecule has 0 N–H and O–H groups in total. The molecule has 2 heterocycles. The predicted molar refractivity (Wildman–Crippen MR) is 286 cm³/mol. The smallest absolute Gasteiger partial charge is 0.0619 e. The molecule has 0 fully saturated rings. The van der Waals surface area contributed by atoms with Crippen LogP contribution in [0.5, 0.6) is 0 Å². The number of hydrogen-bond donors (Lipinski definition) is 0. The van der Waals surface area contributed by atoms with Crippen molar-refractivity contribution in [3.8, 4) is 27.9 Å². The molecule has 0 aliphatic heterocycles. The van der Waals surface area contributed by atoms with E-state index in [1.54, 1.807) is 0 Å². The van der Waals surface area contributed by atoms with Gasteiger partial charge in [0.15, 0.2) is 0 Å². The molecule has 0 atom stereocenters. The highest BCUT2D eigenvalue weighted by Gasteiger charge is 2.45. The Morgan fingerprint density at radius 2 is 0.985 bits per heavy atom. The van der Waals surface area contributed by atoms with Crippen molar-refractivity contribution in [3.05, 3.63) is 263 Å². The number of fused-ring (bicyclic) bond motifs is 9. The number of benzene rings is 10. The average molecular weight is 885 g/mol. The molecule has 0 radical (unpaired) electrons. The minimum absolute atomic E-state index is 0.0298. The summed E-state index contributed by atoms with van der Waals surface area (Å²) in [6.45, 7) is 4.79. The highest BCUT2D eigenvalue weighted by molar-refractivity contribution is 7.25. The summed E-state index contributed by atoms with van der Waals surface area (Å²) in [5, 5.41) is 5.15. The quantitative estimate of drug-likeness (QED) is 0.167. The van der Waals surface area contributed by atoms with E-state index in [0.29, 0.717) is 0 Å². The summed E-state index contributed by atoms with van der Waals surface area (Å²) in [6.07, 6.45) is 0. The monoisotopic (exact) mass is 884 g/mol. The molecule has 10 aromatic carbocycles. The molecule has 2 aromatic heterocycles. The van der Waals surface area contributed by atoms with E-state index in [1.807, 2.05) is 11.3 Å². The lowest BCUT2D eigenvalue weighted by atomic mass is 9.59. The Balaban J connectivity index is 1.06. The summed E-state index contributed by atoms with van der Waals surface area (Å²) in [6, 6.07) is 82.7. The minimum Gasteiger partial charge on any atom is -0.310 e. The lowest BCUT2D eigenvalue weighted by Crippen LogP contribution is -2.30. The molecule has 0 saturated carbocycles. The molecule has 0 amide bonds. The number of hydrogen-bond acceptors (Lipinski definition) is 2. The van der Waals surface area contributed by atoms with Crippen molar-refractivity contribution < 1.29 is 0 Å². The van der Waals surface area contributed by atoms with E-state index in [-0.39, 0.29) is 17.3 Å². The average Bonchev–Trinajstić information content (AvgIpc) is 4.01. The third-order valence-corrected chi connectivity index (χ3v) is 16.9. The second-order valence-electron chi connectivity index (χ2n) is 19.5. The Kier molecular flexibility index (Phi) is 7.87. The van der Waals surface area contributed by atoms with Gasteiger partial charge in [0.1, 0.15) is 0 Å². The fraction of sp³-hybridized carbons (Fsp3) is 0.0769. The van der Waals surface area contributed by atoms with Gasteiger partial charge in [0.05, 0.1) is 16.7 Å². The maximum atomic E-state index is 2.61. The van der Waals surface area contributed by atoms with Gasteiger partial charge in [0, 0.05) is 70.8 Å². The predicted octanol–water partition coefficient (Wildman–Crippen LogP) is 17.6. The molecule has 2 nitrogen and oxygen atoms in total. The van der Waals surface area contributed by atoms with E-state index in [1.165, 1.54) is 131 Å². The number of thiophene rings is 1. The third kappa shape index (κ3) is 5.12. The molecular weight excluding hydrogens is 841 g/mol. The van der Waals surface area contributed by atoms with E-state index >= 15 is 0 Å². The summed E-state index contributed by atoms with van der Waals surface area (Å²) in [5.41, 5.74) is 23.4. The van der Waals surface area contributed by atoms with Crippen LogP contribution in [-0.2, 0) is 5.41 Å². The fourth-order valence-corrected chi connectivity index (χ4v) is 14.0. The summed E-state index contributed by atoms with van der Waals surface area (Å²) in [4.78, 5) is 2.61. The van der Waals surface area contributed by atoms with E-state index in [0.717, 1.165) is 0 Å². The van der Waals surface area contributed by atoms with Gasteiger partial charge in [-0.2, -0.15) is 0 Å². The van der Waals surface area contributed by atoms with Gasteiger partial charge < -0.3 is 9.47 Å². The van der Waals surface area contributed by atoms with Gasteiger partial charge in [0.25, 0.3) is 0 Å². The molecule has 68 heavy (non-hydrogen) atoms. The molecule has 3 heteroatoms. The van der Waals surface area contributed by atoms with Crippen LogP contribution < -0.4 is 4.90 Å². The van der Waals surface area contributed by atoms with Gasteiger partial charge in [-0.1, -0.05) is 178 Å². The van der Waals surface area contributed by atoms with Gasteiger partial charge in [-0.3, -0.25) is 0 Å². The first-order valence-corrected chi connectivity index (χ1v) is 24.7. The van der Waals surface area contributed by atoms with Crippen LogP contribution in [0.4, 0.5) is 17.1 Å². The molecule has 12 aromatic rings. The zero-order valence-electron chi connectivity index (χ0n) is 37.7. The maximum absolute atomic E-state index is 2.61. The second-order valence-corrected chi connectivity index (χ2v) is 20.6. The van der Waals surface area contributed by atoms with Gasteiger partial charge in [-0.25, -0.2) is 0 Å². The lowest BCUT2D eigenvalue weighted by Gasteiger charge is -2.45. The molecule has 0 spiro atoms. The van der Waals surface area contributed by atoms with Crippen molar-refractivity contribution in [3.63, 3.8) is 0 Å². The van der Waals surface area contributed by atoms with E-state index in [2.05, 4.69) is 242 Å². The number of nitrogens with zero attached hydrogens (tertiary/aromatic N) is 2. The molecule has 4 aliphatic rings. The zero-order chi connectivity index (χ0) is 44.8. The van der Waals surface area contributed by atoms with Crippen LogP contribution >= 0.6 is 11.3 Å². The lowest BCUT2D eigenvalue weighted by molar-refractivity contribution is 0.660. The number of anilines is 3. The van der Waals surface area contributed by atoms with Gasteiger partial charge >= 0.3 is 0 Å². The summed E-state index contributed by atoms with van der Waals surface area (Å²) < 4.78 is 5.11. The molecule has 2 bridgehead atoms. The molecule has 16 rings (SSSR count). The SMILES string of the molecule is CC1(C)c2ccccc2-c2ccc(N(c3ccc4c(c3)sc3ccccc34)c3ccc(-c4cccc5c6ccccc6n(-c6ccccc6)c45)c4c3C3c5ccccc5C4c4ccccc43)cc21. The summed E-state index contributed by atoms with van der Waals surface area (Å²) in [7, 11) is 0. The Morgan fingerprint density at radius 3 is 1.78 bits per heavy atom. The van der Waals surface area contributed by atoms with E-state index < -0.39 is 0 Å². The Hall–Kier alpha value is -7.98. The first-order valence-electron chi connectivity index (χ1n) is 23.9. The van der Waals surface area contributed by atoms with Gasteiger partial charge in [0.2, 0.25) is 0 Å². The normalized spacial score (nSPS) is 15.9. The Bertz CT molecular complexity index is 4040. The van der Waals surface area contributed by atoms with Crippen molar-refractivity contribution in [1.29, 1.82) is 0 Å². The molecular formula is C65H44N2S. The molecule has 4 aliphatic carbocycles. The topological polar surface area (TPSA) is 8.17 Å². The standard InChI is InChI=1S/C65H44N2S/c1-65(2)54-28-13-10-19-42(54)43-33-31-40(37-55(43)65)66(41-32-34-46-45-21-12-15-30-58(45)68-59(46)38-41)57-36-35-51(62-60-47-22-6-8-24-49(47)61(63(57)62)50-25-9-7-23-48(50)60)53-27-16-26-52-44-20-11-14-29-56(44)67(64(52)53)39-17-4-3-5-18-39/h3-38,60-61H,1-2H3. The van der Waals surface area contributed by atoms with Crippen molar-refractivity contribution >= 4 is 70.4 Å². The van der Waals surface area contributed by atoms with Gasteiger partial charge in [-0.15, -0.1) is 11.3 Å². The minimum atomic E-state index is -0.154.